The Morgan fingerprint density at radius 1 is 1.25 bits per heavy atom. The standard InChI is InChI=1S/C20H28O6S2/c1-18(2,3)8-20-9-19(20,4)16(20)17(22)27-7-13(21)25-14-10-5-11-12(6-10)28(23,24)26-15(11)14/h10-12,14-16H,5-9H2,1-4H3. The van der Waals surface area contributed by atoms with Crippen LogP contribution in [-0.4, -0.2) is 42.7 Å². The van der Waals surface area contributed by atoms with E-state index in [1.54, 1.807) is 0 Å². The quantitative estimate of drug-likeness (QED) is 0.491. The first-order valence-electron chi connectivity index (χ1n) is 10.2. The number of rotatable bonds is 5. The molecule has 4 saturated carbocycles. The van der Waals surface area contributed by atoms with E-state index in [-0.39, 0.29) is 44.9 Å². The third-order valence-corrected chi connectivity index (χ3v) is 10.6. The Morgan fingerprint density at radius 3 is 2.61 bits per heavy atom. The highest BCUT2D eigenvalue weighted by molar-refractivity contribution is 8.14. The van der Waals surface area contributed by atoms with Crippen LogP contribution in [0.1, 0.15) is 53.4 Å². The van der Waals surface area contributed by atoms with Crippen LogP contribution >= 0.6 is 11.8 Å². The maximum Gasteiger partial charge on any atom is 0.316 e. The molecular formula is C20H28O6S2. The molecular weight excluding hydrogens is 400 g/mol. The second-order valence-electron chi connectivity index (χ2n) is 11.0. The summed E-state index contributed by atoms with van der Waals surface area (Å²) in [6, 6.07) is 0. The van der Waals surface area contributed by atoms with Gasteiger partial charge in [-0.15, -0.1) is 0 Å². The number of ether oxygens (including phenoxy) is 1. The van der Waals surface area contributed by atoms with Gasteiger partial charge in [0.2, 0.25) is 0 Å². The maximum absolute atomic E-state index is 12.7. The molecule has 8 heteroatoms. The lowest BCUT2D eigenvalue weighted by Gasteiger charge is -2.25. The van der Waals surface area contributed by atoms with Crippen molar-refractivity contribution in [1.29, 1.82) is 0 Å². The first-order chi connectivity index (χ1) is 12.9. The van der Waals surface area contributed by atoms with E-state index in [2.05, 4.69) is 27.7 Å². The molecule has 5 fully saturated rings. The van der Waals surface area contributed by atoms with Crippen molar-refractivity contribution in [3.63, 3.8) is 0 Å². The zero-order chi connectivity index (χ0) is 20.3. The fraction of sp³-hybridized carbons (Fsp3) is 0.900. The summed E-state index contributed by atoms with van der Waals surface area (Å²) in [6.07, 6.45) is 2.40. The lowest BCUT2D eigenvalue weighted by molar-refractivity contribution is -0.152. The van der Waals surface area contributed by atoms with Gasteiger partial charge >= 0.3 is 5.97 Å². The van der Waals surface area contributed by atoms with E-state index in [4.69, 9.17) is 8.92 Å². The summed E-state index contributed by atoms with van der Waals surface area (Å²) in [5, 5.41) is -0.322. The third kappa shape index (κ3) is 2.59. The van der Waals surface area contributed by atoms with E-state index in [1.807, 2.05) is 0 Å². The number of carbonyl (C=O) groups is 2. The summed E-state index contributed by atoms with van der Waals surface area (Å²) in [7, 11) is -3.51. The van der Waals surface area contributed by atoms with Crippen LogP contribution in [0, 0.1) is 34.0 Å². The van der Waals surface area contributed by atoms with Crippen molar-refractivity contribution >= 4 is 33.0 Å². The molecule has 8 atom stereocenters. The highest BCUT2D eigenvalue weighted by Crippen LogP contribution is 2.92. The predicted molar refractivity (Wildman–Crippen MR) is 104 cm³/mol. The van der Waals surface area contributed by atoms with E-state index in [0.29, 0.717) is 6.42 Å². The molecule has 6 nitrogen and oxygen atoms in total. The average Bonchev–Trinajstić information content (AvgIpc) is 3.01. The zero-order valence-corrected chi connectivity index (χ0v) is 18.4. The highest BCUT2D eigenvalue weighted by Gasteiger charge is 2.89. The van der Waals surface area contributed by atoms with Gasteiger partial charge in [-0.1, -0.05) is 39.5 Å². The van der Waals surface area contributed by atoms with Crippen LogP contribution in [0.5, 0.6) is 0 Å². The summed E-state index contributed by atoms with van der Waals surface area (Å²) in [5.74, 6) is -0.369. The molecule has 1 heterocycles. The Balaban J connectivity index is 1.14. The Bertz CT molecular complexity index is 860. The van der Waals surface area contributed by atoms with Gasteiger partial charge in [-0.2, -0.15) is 8.42 Å². The minimum Gasteiger partial charge on any atom is -0.459 e. The summed E-state index contributed by atoms with van der Waals surface area (Å²) in [6.45, 7) is 8.80. The smallest absolute Gasteiger partial charge is 0.316 e. The van der Waals surface area contributed by atoms with Gasteiger partial charge in [-0.05, 0) is 41.9 Å². The van der Waals surface area contributed by atoms with Gasteiger partial charge in [0.15, 0.2) is 5.12 Å². The molecule has 0 aromatic heterocycles. The van der Waals surface area contributed by atoms with Gasteiger partial charge in [0.05, 0.1) is 11.0 Å². The molecule has 2 bridgehead atoms. The lowest BCUT2D eigenvalue weighted by atomic mass is 9.84. The van der Waals surface area contributed by atoms with Crippen molar-refractivity contribution in [1.82, 2.24) is 0 Å². The SMILES string of the molecule is CC(C)(C)CC12CC1(C)C2C(=O)SCC(=O)OC1C2CC3C1OS(=O)(=O)C3C2. The third-order valence-electron chi connectivity index (χ3n) is 7.90. The molecule has 5 rings (SSSR count). The van der Waals surface area contributed by atoms with Gasteiger partial charge in [-0.25, -0.2) is 0 Å². The van der Waals surface area contributed by atoms with Crippen molar-refractivity contribution in [3.8, 4) is 0 Å². The number of esters is 1. The van der Waals surface area contributed by atoms with Gasteiger partial charge < -0.3 is 4.74 Å². The highest BCUT2D eigenvalue weighted by atomic mass is 32.2. The summed E-state index contributed by atoms with van der Waals surface area (Å²) >= 11 is 1.06. The van der Waals surface area contributed by atoms with Crippen LogP contribution in [0.15, 0.2) is 0 Å². The van der Waals surface area contributed by atoms with Crippen molar-refractivity contribution in [2.24, 2.45) is 34.0 Å². The molecule has 0 amide bonds. The lowest BCUT2D eigenvalue weighted by Crippen LogP contribution is -2.37. The van der Waals surface area contributed by atoms with Crippen molar-refractivity contribution in [3.05, 3.63) is 0 Å². The maximum atomic E-state index is 12.7. The molecule has 0 N–H and O–H groups in total. The molecule has 4 aliphatic carbocycles. The molecule has 0 spiro atoms. The van der Waals surface area contributed by atoms with Crippen LogP contribution < -0.4 is 0 Å². The Morgan fingerprint density at radius 2 is 1.96 bits per heavy atom. The van der Waals surface area contributed by atoms with E-state index in [9.17, 15) is 18.0 Å². The van der Waals surface area contributed by atoms with Crippen molar-refractivity contribution < 1.29 is 26.9 Å². The fourth-order valence-corrected chi connectivity index (χ4v) is 9.63. The number of hydrogen-bond acceptors (Lipinski definition) is 7. The summed E-state index contributed by atoms with van der Waals surface area (Å²) in [5.41, 5.74) is 0.461. The number of hydrogen-bond donors (Lipinski definition) is 0. The number of thioether (sulfide) groups is 1. The molecule has 0 aromatic rings. The number of fused-ring (bicyclic) bond motifs is 2. The molecule has 0 aromatic carbocycles. The fourth-order valence-electron chi connectivity index (χ4n) is 6.77. The Kier molecular flexibility index (Phi) is 3.84. The van der Waals surface area contributed by atoms with Crippen LogP contribution in [-0.2, 0) is 28.6 Å². The first-order valence-corrected chi connectivity index (χ1v) is 12.6. The monoisotopic (exact) mass is 428 g/mol. The largest absolute Gasteiger partial charge is 0.459 e. The molecule has 8 unspecified atom stereocenters. The average molecular weight is 429 g/mol. The van der Waals surface area contributed by atoms with Gasteiger partial charge in [0.25, 0.3) is 10.1 Å². The van der Waals surface area contributed by atoms with Crippen LogP contribution in [0.2, 0.25) is 0 Å². The Labute approximate surface area is 170 Å². The number of carbonyl (C=O) groups excluding carboxylic acids is 2. The van der Waals surface area contributed by atoms with Crippen LogP contribution in [0.4, 0.5) is 0 Å². The molecule has 156 valence electrons. The molecule has 5 aliphatic rings. The summed E-state index contributed by atoms with van der Waals surface area (Å²) in [4.78, 5) is 25.0. The molecule has 1 saturated heterocycles. The van der Waals surface area contributed by atoms with Gasteiger partial charge in [-0.3, -0.25) is 13.8 Å². The van der Waals surface area contributed by atoms with Gasteiger partial charge in [0, 0.05) is 17.8 Å². The normalized spacial score (nSPS) is 49.0. The molecule has 1 aliphatic heterocycles. The van der Waals surface area contributed by atoms with Gasteiger partial charge in [0.1, 0.15) is 12.2 Å². The topological polar surface area (TPSA) is 86.7 Å². The van der Waals surface area contributed by atoms with E-state index in [1.165, 1.54) is 0 Å². The zero-order valence-electron chi connectivity index (χ0n) is 16.8. The van der Waals surface area contributed by atoms with Crippen molar-refractivity contribution in [2.45, 2.75) is 70.8 Å². The Hall–Kier alpha value is -0.600. The van der Waals surface area contributed by atoms with Crippen LogP contribution in [0.3, 0.4) is 0 Å². The molecule has 28 heavy (non-hydrogen) atoms. The van der Waals surface area contributed by atoms with Crippen molar-refractivity contribution in [2.75, 3.05) is 5.75 Å². The van der Waals surface area contributed by atoms with E-state index in [0.717, 1.165) is 31.0 Å². The predicted octanol–water partition coefficient (Wildman–Crippen LogP) is 2.76. The minimum atomic E-state index is -3.51. The van der Waals surface area contributed by atoms with Crippen LogP contribution in [0.25, 0.3) is 0 Å². The summed E-state index contributed by atoms with van der Waals surface area (Å²) < 4.78 is 34.8. The second-order valence-corrected chi connectivity index (χ2v) is 13.7. The molecule has 0 radical (unpaired) electrons. The minimum absolute atomic E-state index is 0.00615. The first kappa shape index (κ1) is 19.4. The second kappa shape index (κ2) is 5.55. The van der Waals surface area contributed by atoms with E-state index < -0.39 is 33.5 Å². The van der Waals surface area contributed by atoms with E-state index >= 15 is 0 Å².